The summed E-state index contributed by atoms with van der Waals surface area (Å²) in [5, 5.41) is 3.76. The Balaban J connectivity index is 1.73. The number of fused-ring (bicyclic) bond motifs is 1. The van der Waals surface area contributed by atoms with E-state index < -0.39 is 0 Å². The van der Waals surface area contributed by atoms with Crippen LogP contribution in [0.4, 0.5) is 5.69 Å². The maximum atomic E-state index is 12.9. The summed E-state index contributed by atoms with van der Waals surface area (Å²) in [6.07, 6.45) is 0. The average molecular weight is 434 g/mol. The molecular weight excluding hydrogens is 406 g/mol. The van der Waals surface area contributed by atoms with E-state index in [1.54, 1.807) is 24.3 Å². The van der Waals surface area contributed by atoms with Crippen molar-refractivity contribution < 1.29 is 9.53 Å². The minimum atomic E-state index is -0.140. The van der Waals surface area contributed by atoms with Gasteiger partial charge < -0.3 is 10.1 Å². The predicted octanol–water partition coefficient (Wildman–Crippen LogP) is 7.17. The van der Waals surface area contributed by atoms with Gasteiger partial charge in [-0.2, -0.15) is 0 Å². The first kappa shape index (κ1) is 21.5. The van der Waals surface area contributed by atoms with E-state index in [-0.39, 0.29) is 11.8 Å². The van der Waals surface area contributed by atoms with Gasteiger partial charge in [-0.15, -0.1) is 0 Å². The lowest BCUT2D eigenvalue weighted by Crippen LogP contribution is -2.15. The fourth-order valence-electron chi connectivity index (χ4n) is 4.35. The van der Waals surface area contributed by atoms with Gasteiger partial charge in [0.2, 0.25) is 0 Å². The number of nitrogens with one attached hydrogen (secondary N) is 1. The van der Waals surface area contributed by atoms with E-state index in [2.05, 4.69) is 57.3 Å². The van der Waals surface area contributed by atoms with Crippen LogP contribution in [0.2, 0.25) is 5.02 Å². The molecule has 160 valence electrons. The summed E-state index contributed by atoms with van der Waals surface area (Å²) in [5.74, 6) is 1.47. The molecule has 3 aromatic rings. The molecule has 0 fully saturated rings. The second-order valence-corrected chi connectivity index (χ2v) is 9.08. The SMILES string of the molecule is Cc1c(C)c2c(c(C)c1NC(=O)c1ccc(Cl)cc1)C(c1ccc(C(C)C)cc1)CO2. The smallest absolute Gasteiger partial charge is 0.255 e. The lowest BCUT2D eigenvalue weighted by Gasteiger charge is -2.20. The highest BCUT2D eigenvalue weighted by Gasteiger charge is 2.32. The highest BCUT2D eigenvalue weighted by molar-refractivity contribution is 6.30. The van der Waals surface area contributed by atoms with Gasteiger partial charge in [-0.25, -0.2) is 0 Å². The molecule has 0 aromatic heterocycles. The number of benzene rings is 3. The van der Waals surface area contributed by atoms with Gasteiger partial charge in [-0.3, -0.25) is 4.79 Å². The summed E-state index contributed by atoms with van der Waals surface area (Å²) in [7, 11) is 0. The Morgan fingerprint density at radius 3 is 2.23 bits per heavy atom. The number of hydrogen-bond donors (Lipinski definition) is 1. The zero-order valence-electron chi connectivity index (χ0n) is 18.7. The van der Waals surface area contributed by atoms with Gasteiger partial charge in [0.1, 0.15) is 5.75 Å². The molecule has 1 aliphatic rings. The molecule has 4 rings (SSSR count). The second kappa shape index (κ2) is 8.39. The van der Waals surface area contributed by atoms with Crippen molar-refractivity contribution in [2.24, 2.45) is 0 Å². The molecular formula is C27H28ClNO2. The van der Waals surface area contributed by atoms with E-state index in [1.807, 2.05) is 6.92 Å². The van der Waals surface area contributed by atoms with Gasteiger partial charge in [-0.05, 0) is 78.8 Å². The van der Waals surface area contributed by atoms with E-state index in [0.29, 0.717) is 23.1 Å². The summed E-state index contributed by atoms with van der Waals surface area (Å²) in [5.41, 5.74) is 8.37. The van der Waals surface area contributed by atoms with Crippen LogP contribution in [0.5, 0.6) is 5.75 Å². The highest BCUT2D eigenvalue weighted by Crippen LogP contribution is 2.47. The number of ether oxygens (including phenoxy) is 1. The van der Waals surface area contributed by atoms with Crippen LogP contribution in [0, 0.1) is 20.8 Å². The Labute approximate surface area is 189 Å². The maximum Gasteiger partial charge on any atom is 0.255 e. The van der Waals surface area contributed by atoms with Crippen LogP contribution in [-0.4, -0.2) is 12.5 Å². The number of amides is 1. The quantitative estimate of drug-likeness (QED) is 0.473. The van der Waals surface area contributed by atoms with Gasteiger partial charge in [0.15, 0.2) is 0 Å². The molecule has 0 radical (unpaired) electrons. The van der Waals surface area contributed by atoms with E-state index in [0.717, 1.165) is 28.1 Å². The summed E-state index contributed by atoms with van der Waals surface area (Å²) < 4.78 is 6.17. The zero-order valence-corrected chi connectivity index (χ0v) is 19.4. The molecule has 1 aliphatic heterocycles. The molecule has 0 bridgehead atoms. The van der Waals surface area contributed by atoms with Crippen LogP contribution >= 0.6 is 11.6 Å². The second-order valence-electron chi connectivity index (χ2n) is 8.64. The molecule has 1 amide bonds. The molecule has 1 heterocycles. The van der Waals surface area contributed by atoms with E-state index >= 15 is 0 Å². The average Bonchev–Trinajstić information content (AvgIpc) is 3.21. The van der Waals surface area contributed by atoms with Crippen LogP contribution in [0.1, 0.15) is 69.4 Å². The van der Waals surface area contributed by atoms with Gasteiger partial charge in [0, 0.05) is 27.8 Å². The molecule has 3 nitrogen and oxygen atoms in total. The van der Waals surface area contributed by atoms with Crippen molar-refractivity contribution in [1.82, 2.24) is 0 Å². The van der Waals surface area contributed by atoms with Crippen LogP contribution in [0.3, 0.4) is 0 Å². The van der Waals surface area contributed by atoms with Crippen molar-refractivity contribution in [2.45, 2.75) is 46.5 Å². The number of hydrogen-bond acceptors (Lipinski definition) is 2. The third kappa shape index (κ3) is 3.95. The van der Waals surface area contributed by atoms with Crippen molar-refractivity contribution >= 4 is 23.2 Å². The van der Waals surface area contributed by atoms with Crippen molar-refractivity contribution in [3.05, 3.63) is 92.5 Å². The summed E-state index contributed by atoms with van der Waals surface area (Å²) in [4.78, 5) is 12.9. The summed E-state index contributed by atoms with van der Waals surface area (Å²) in [6, 6.07) is 15.8. The molecule has 3 aromatic carbocycles. The number of carbonyl (C=O) groups excluding carboxylic acids is 1. The first-order valence-electron chi connectivity index (χ1n) is 10.7. The van der Waals surface area contributed by atoms with Crippen molar-refractivity contribution in [3.8, 4) is 5.75 Å². The summed E-state index contributed by atoms with van der Waals surface area (Å²) >= 11 is 5.97. The number of halogens is 1. The Morgan fingerprint density at radius 1 is 0.968 bits per heavy atom. The maximum absolute atomic E-state index is 12.9. The van der Waals surface area contributed by atoms with Crippen molar-refractivity contribution in [1.29, 1.82) is 0 Å². The van der Waals surface area contributed by atoms with E-state index in [4.69, 9.17) is 16.3 Å². The first-order valence-corrected chi connectivity index (χ1v) is 11.1. The molecule has 0 spiro atoms. The van der Waals surface area contributed by atoms with E-state index in [1.165, 1.54) is 16.7 Å². The Kier molecular flexibility index (Phi) is 5.81. The fourth-order valence-corrected chi connectivity index (χ4v) is 4.48. The lowest BCUT2D eigenvalue weighted by atomic mass is 9.85. The molecule has 1 unspecified atom stereocenters. The minimum absolute atomic E-state index is 0.140. The largest absolute Gasteiger partial charge is 0.492 e. The Hall–Kier alpha value is -2.78. The lowest BCUT2D eigenvalue weighted by molar-refractivity contribution is 0.102. The Morgan fingerprint density at radius 2 is 1.61 bits per heavy atom. The number of anilines is 1. The normalized spacial score (nSPS) is 15.0. The molecule has 0 saturated carbocycles. The van der Waals surface area contributed by atoms with Crippen LogP contribution in [0.25, 0.3) is 0 Å². The molecule has 31 heavy (non-hydrogen) atoms. The third-order valence-electron chi connectivity index (χ3n) is 6.39. The monoisotopic (exact) mass is 433 g/mol. The van der Waals surface area contributed by atoms with Crippen molar-refractivity contribution in [2.75, 3.05) is 11.9 Å². The standard InChI is InChI=1S/C27H28ClNO2/c1-15(2)19-6-8-20(9-7-19)23-14-31-26-17(4)16(3)25(18(5)24(23)26)29-27(30)21-10-12-22(28)13-11-21/h6-13,15,23H,14H2,1-5H3,(H,29,30). The number of rotatable bonds is 4. The molecule has 4 heteroatoms. The van der Waals surface area contributed by atoms with Gasteiger partial charge in [0.25, 0.3) is 5.91 Å². The van der Waals surface area contributed by atoms with Crippen LogP contribution in [0.15, 0.2) is 48.5 Å². The highest BCUT2D eigenvalue weighted by atomic mass is 35.5. The molecule has 1 N–H and O–H groups in total. The molecule has 0 aliphatic carbocycles. The Bertz CT molecular complexity index is 1130. The molecule has 0 saturated heterocycles. The third-order valence-corrected chi connectivity index (χ3v) is 6.65. The zero-order chi connectivity index (χ0) is 22.3. The van der Waals surface area contributed by atoms with Crippen LogP contribution in [-0.2, 0) is 0 Å². The van der Waals surface area contributed by atoms with Gasteiger partial charge in [0.05, 0.1) is 6.61 Å². The molecule has 1 atom stereocenters. The number of carbonyl (C=O) groups is 1. The van der Waals surface area contributed by atoms with E-state index in [9.17, 15) is 4.79 Å². The van der Waals surface area contributed by atoms with Gasteiger partial charge >= 0.3 is 0 Å². The summed E-state index contributed by atoms with van der Waals surface area (Å²) in [6.45, 7) is 11.2. The fraction of sp³-hybridized carbons (Fsp3) is 0.296. The van der Waals surface area contributed by atoms with Crippen molar-refractivity contribution in [3.63, 3.8) is 0 Å². The topological polar surface area (TPSA) is 38.3 Å². The predicted molar refractivity (Wildman–Crippen MR) is 128 cm³/mol. The van der Waals surface area contributed by atoms with Gasteiger partial charge in [-0.1, -0.05) is 49.7 Å². The van der Waals surface area contributed by atoms with Crippen LogP contribution < -0.4 is 10.1 Å². The first-order chi connectivity index (χ1) is 14.8. The minimum Gasteiger partial charge on any atom is -0.492 e.